The van der Waals surface area contributed by atoms with Gasteiger partial charge in [-0.05, 0) is 24.6 Å². The van der Waals surface area contributed by atoms with Gasteiger partial charge in [0.1, 0.15) is 5.69 Å². The summed E-state index contributed by atoms with van der Waals surface area (Å²) in [5, 5.41) is 18.9. The number of thiazole rings is 1. The van der Waals surface area contributed by atoms with Crippen LogP contribution in [0.1, 0.15) is 10.6 Å². The highest BCUT2D eigenvalue weighted by molar-refractivity contribution is 7.18. The quantitative estimate of drug-likeness (QED) is 0.545. The third-order valence-corrected chi connectivity index (χ3v) is 5.25. The van der Waals surface area contributed by atoms with Crippen LogP contribution in [0.15, 0.2) is 36.4 Å². The molecule has 0 aliphatic carbocycles. The van der Waals surface area contributed by atoms with E-state index in [4.69, 9.17) is 0 Å². The van der Waals surface area contributed by atoms with Gasteiger partial charge in [-0.1, -0.05) is 12.1 Å². The minimum atomic E-state index is -0.321. The zero-order valence-corrected chi connectivity index (χ0v) is 13.7. The predicted octanol–water partition coefficient (Wildman–Crippen LogP) is 3.83. The first-order valence-electron chi connectivity index (χ1n) is 7.85. The fraction of sp³-hybridized carbons (Fsp3) is 0.235. The molecule has 24 heavy (non-hydrogen) atoms. The molecule has 1 aliphatic heterocycles. The molecule has 2 aromatic carbocycles. The Kier molecular flexibility index (Phi) is 3.78. The van der Waals surface area contributed by atoms with Crippen LogP contribution in [-0.2, 0) is 12.8 Å². The number of aromatic nitrogens is 1. The van der Waals surface area contributed by atoms with E-state index in [-0.39, 0.29) is 10.6 Å². The summed E-state index contributed by atoms with van der Waals surface area (Å²) in [4.78, 5) is 15.6. The predicted molar refractivity (Wildman–Crippen MR) is 97.1 cm³/mol. The summed E-state index contributed by atoms with van der Waals surface area (Å²) in [5.74, 6) is 0. The standard InChI is InChI=1S/C17H16N4O2S/c22-21(23)14-6-5-12-11(7-9-18-12)17(14)19-10-8-16-20-13-3-1-2-4-15(13)24-16/h1-6,18-19H,7-10H2. The highest BCUT2D eigenvalue weighted by Crippen LogP contribution is 2.36. The van der Waals surface area contributed by atoms with Crippen LogP contribution >= 0.6 is 11.3 Å². The van der Waals surface area contributed by atoms with Gasteiger partial charge >= 0.3 is 0 Å². The van der Waals surface area contributed by atoms with Gasteiger partial charge in [-0.15, -0.1) is 11.3 Å². The topological polar surface area (TPSA) is 80.1 Å². The first-order chi connectivity index (χ1) is 11.7. The monoisotopic (exact) mass is 340 g/mol. The normalized spacial score (nSPS) is 12.8. The average Bonchev–Trinajstić information content (AvgIpc) is 3.20. The third kappa shape index (κ3) is 2.67. The Morgan fingerprint density at radius 2 is 2.17 bits per heavy atom. The Morgan fingerprint density at radius 1 is 1.29 bits per heavy atom. The van der Waals surface area contributed by atoms with Gasteiger partial charge in [0.15, 0.2) is 0 Å². The molecular formula is C17H16N4O2S. The van der Waals surface area contributed by atoms with Gasteiger partial charge in [0, 0.05) is 36.8 Å². The zero-order chi connectivity index (χ0) is 16.5. The molecule has 0 spiro atoms. The molecule has 2 N–H and O–H groups in total. The van der Waals surface area contributed by atoms with Crippen molar-refractivity contribution < 1.29 is 4.92 Å². The molecule has 1 aliphatic rings. The number of anilines is 2. The molecule has 4 rings (SSSR count). The molecule has 0 bridgehead atoms. The van der Waals surface area contributed by atoms with E-state index in [2.05, 4.69) is 21.7 Å². The summed E-state index contributed by atoms with van der Waals surface area (Å²) in [6.07, 6.45) is 1.55. The van der Waals surface area contributed by atoms with Crippen LogP contribution in [0, 0.1) is 10.1 Å². The lowest BCUT2D eigenvalue weighted by atomic mass is 10.1. The van der Waals surface area contributed by atoms with E-state index in [1.165, 1.54) is 4.70 Å². The number of benzene rings is 2. The van der Waals surface area contributed by atoms with Crippen LogP contribution in [0.2, 0.25) is 0 Å². The Morgan fingerprint density at radius 3 is 3.00 bits per heavy atom. The van der Waals surface area contributed by atoms with Crippen molar-refractivity contribution in [2.24, 2.45) is 0 Å². The van der Waals surface area contributed by atoms with Crippen LogP contribution in [0.4, 0.5) is 17.1 Å². The van der Waals surface area contributed by atoms with Gasteiger partial charge in [0.05, 0.1) is 20.1 Å². The van der Waals surface area contributed by atoms with Crippen molar-refractivity contribution in [2.75, 3.05) is 23.7 Å². The van der Waals surface area contributed by atoms with E-state index in [0.717, 1.165) is 41.2 Å². The Hall–Kier alpha value is -2.67. The van der Waals surface area contributed by atoms with Crippen molar-refractivity contribution in [1.82, 2.24) is 4.98 Å². The Labute approximate surface area is 142 Å². The summed E-state index contributed by atoms with van der Waals surface area (Å²) in [7, 11) is 0. The van der Waals surface area contributed by atoms with Crippen LogP contribution < -0.4 is 10.6 Å². The number of hydrogen-bond donors (Lipinski definition) is 2. The van der Waals surface area contributed by atoms with E-state index >= 15 is 0 Å². The molecule has 0 saturated carbocycles. The fourth-order valence-corrected chi connectivity index (χ4v) is 4.02. The molecule has 0 saturated heterocycles. The van der Waals surface area contributed by atoms with Crippen LogP contribution in [0.5, 0.6) is 0 Å². The van der Waals surface area contributed by atoms with Crippen molar-refractivity contribution in [3.63, 3.8) is 0 Å². The maximum Gasteiger partial charge on any atom is 0.292 e. The zero-order valence-electron chi connectivity index (χ0n) is 12.9. The maximum atomic E-state index is 11.3. The fourth-order valence-electron chi connectivity index (χ4n) is 3.05. The third-order valence-electron chi connectivity index (χ3n) is 4.16. The second-order valence-corrected chi connectivity index (χ2v) is 6.79. The number of nitrogens with zero attached hydrogens (tertiary/aromatic N) is 2. The molecule has 122 valence electrons. The van der Waals surface area contributed by atoms with Crippen molar-refractivity contribution >= 4 is 38.6 Å². The highest BCUT2D eigenvalue weighted by atomic mass is 32.1. The molecule has 7 heteroatoms. The molecule has 1 aromatic heterocycles. The van der Waals surface area contributed by atoms with Crippen LogP contribution in [0.3, 0.4) is 0 Å². The van der Waals surface area contributed by atoms with Gasteiger partial charge in [-0.2, -0.15) is 0 Å². The lowest BCUT2D eigenvalue weighted by Gasteiger charge is -2.11. The molecule has 6 nitrogen and oxygen atoms in total. The maximum absolute atomic E-state index is 11.3. The Balaban J connectivity index is 1.53. The summed E-state index contributed by atoms with van der Waals surface area (Å²) in [5.41, 5.74) is 3.79. The molecular weight excluding hydrogens is 324 g/mol. The number of nitrogens with one attached hydrogen (secondary N) is 2. The molecule has 2 heterocycles. The number of para-hydroxylation sites is 1. The van der Waals surface area contributed by atoms with Crippen LogP contribution in [0.25, 0.3) is 10.2 Å². The first kappa shape index (κ1) is 14.9. The van der Waals surface area contributed by atoms with Gasteiger partial charge in [-0.3, -0.25) is 10.1 Å². The van der Waals surface area contributed by atoms with Crippen molar-refractivity contribution in [3.8, 4) is 0 Å². The summed E-state index contributed by atoms with van der Waals surface area (Å²) < 4.78 is 1.17. The second kappa shape index (κ2) is 6.09. The summed E-state index contributed by atoms with van der Waals surface area (Å²) in [6, 6.07) is 11.4. The average molecular weight is 340 g/mol. The molecule has 0 radical (unpaired) electrons. The van der Waals surface area contributed by atoms with Gasteiger partial charge in [0.2, 0.25) is 0 Å². The highest BCUT2D eigenvalue weighted by Gasteiger charge is 2.23. The van der Waals surface area contributed by atoms with Gasteiger partial charge < -0.3 is 10.6 Å². The van der Waals surface area contributed by atoms with Crippen molar-refractivity contribution in [1.29, 1.82) is 0 Å². The SMILES string of the molecule is O=[N+]([O-])c1ccc2c(c1NCCc1nc3ccccc3s1)CCN2. The van der Waals surface area contributed by atoms with E-state index in [1.54, 1.807) is 23.5 Å². The van der Waals surface area contributed by atoms with Gasteiger partial charge in [0.25, 0.3) is 5.69 Å². The van der Waals surface area contributed by atoms with E-state index < -0.39 is 0 Å². The smallest absolute Gasteiger partial charge is 0.292 e. The minimum Gasteiger partial charge on any atom is -0.384 e. The molecule has 0 unspecified atom stereocenters. The first-order valence-corrected chi connectivity index (χ1v) is 8.66. The molecule has 0 fully saturated rings. The molecule has 0 amide bonds. The summed E-state index contributed by atoms with van der Waals surface area (Å²) in [6.45, 7) is 1.44. The van der Waals surface area contributed by atoms with Crippen molar-refractivity contribution in [2.45, 2.75) is 12.8 Å². The van der Waals surface area contributed by atoms with E-state index in [9.17, 15) is 10.1 Å². The lowest BCUT2D eigenvalue weighted by Crippen LogP contribution is -2.08. The number of hydrogen-bond acceptors (Lipinski definition) is 6. The van der Waals surface area contributed by atoms with Crippen molar-refractivity contribution in [3.05, 3.63) is 57.1 Å². The number of nitro benzene ring substituents is 1. The molecule has 3 aromatic rings. The second-order valence-electron chi connectivity index (χ2n) is 5.67. The van der Waals surface area contributed by atoms with E-state index in [0.29, 0.717) is 12.2 Å². The van der Waals surface area contributed by atoms with Crippen LogP contribution in [-0.4, -0.2) is 23.0 Å². The number of rotatable bonds is 5. The lowest BCUT2D eigenvalue weighted by molar-refractivity contribution is -0.384. The largest absolute Gasteiger partial charge is 0.384 e. The Bertz CT molecular complexity index is 889. The van der Waals surface area contributed by atoms with Gasteiger partial charge in [-0.25, -0.2) is 4.98 Å². The number of fused-ring (bicyclic) bond motifs is 2. The minimum absolute atomic E-state index is 0.141. The number of nitro groups is 1. The molecule has 0 atom stereocenters. The summed E-state index contributed by atoms with van der Waals surface area (Å²) >= 11 is 1.67. The van der Waals surface area contributed by atoms with E-state index in [1.807, 2.05) is 18.2 Å².